The predicted molar refractivity (Wildman–Crippen MR) is 187 cm³/mol. The number of hydrogen-bond acceptors (Lipinski definition) is 18. The molecule has 3 aromatic rings. The van der Waals surface area contributed by atoms with Crippen LogP contribution in [0.15, 0.2) is 60.4 Å². The highest BCUT2D eigenvalue weighted by Crippen LogP contribution is 2.48. The van der Waals surface area contributed by atoms with Gasteiger partial charge in [-0.05, 0) is 35.9 Å². The van der Waals surface area contributed by atoms with Crippen molar-refractivity contribution in [2.45, 2.75) is 67.5 Å². The van der Waals surface area contributed by atoms with Gasteiger partial charge in [0.05, 0.1) is 25.3 Å². The summed E-state index contributed by atoms with van der Waals surface area (Å²) in [6.07, 6.45) is -14.6. The minimum atomic E-state index is -1.92. The van der Waals surface area contributed by atoms with Crippen molar-refractivity contribution in [1.82, 2.24) is 0 Å². The smallest absolute Gasteiger partial charge is 0.330 e. The molecule has 3 heterocycles. The van der Waals surface area contributed by atoms with Crippen molar-refractivity contribution in [1.29, 1.82) is 0 Å². The Kier molecular flexibility index (Phi) is 12.1. The normalized spacial score (nSPS) is 30.1. The number of esters is 1. The van der Waals surface area contributed by atoms with E-state index in [4.69, 9.17) is 28.4 Å². The van der Waals surface area contributed by atoms with E-state index < -0.39 is 104 Å². The molecule has 12 N–H and O–H groups in total. The summed E-state index contributed by atoms with van der Waals surface area (Å²) in [5.74, 6) is -2.97. The molecule has 0 spiro atoms. The molecule has 3 aromatic carbocycles. The van der Waals surface area contributed by atoms with Gasteiger partial charge in [0.1, 0.15) is 78.3 Å². The number of fused-ring (bicyclic) bond motifs is 1. The second-order valence-electron chi connectivity index (χ2n) is 13.0. The van der Waals surface area contributed by atoms with Crippen LogP contribution in [0.1, 0.15) is 22.8 Å². The lowest BCUT2D eigenvalue weighted by Crippen LogP contribution is -2.60. The molecule has 19 heteroatoms. The molecule has 0 aliphatic carbocycles. The molecule has 302 valence electrons. The fourth-order valence-electron chi connectivity index (χ4n) is 6.17. The number of phenols is 4. The standard InChI is InChI=1S/C37H40O19/c1-50-23-9-16(8-20(41)28(23)43)35-24(12-19-21(52-35)10-18(40)11-22(19)53-36-33(48)31(46)29(44)25(13-38)55-36)54-37-34(49)32(47)30(45)26(56-37)14-51-27(42)7-4-15-2-5-17(39)6-3-15/h2-12,25-26,29-41,43-49H,13-14H2,1H3/p+1. The summed E-state index contributed by atoms with van der Waals surface area (Å²) in [5, 5.41) is 114. The summed E-state index contributed by atoms with van der Waals surface area (Å²) >= 11 is 0. The zero-order valence-electron chi connectivity index (χ0n) is 29.3. The number of hydrogen-bond donors (Lipinski definition) is 11. The van der Waals surface area contributed by atoms with Crippen LogP contribution in [0.25, 0.3) is 12.2 Å². The number of aliphatic hydroxyl groups excluding tert-OH is 7. The molecule has 6 rings (SSSR count). The Balaban J connectivity index is 1.31. The number of carbonyl (C=O) groups excluding carboxylic acids is 1. The van der Waals surface area contributed by atoms with E-state index in [9.17, 15) is 61.0 Å². The SMILES string of the molecule is COc1cc(C2[OH+]c3cc(O)cc(OC4OC(CO)C(O)C(O)C4O)c3C=C2OC2OC(COC(=O)C=Cc3ccc(O)cc3)C(O)C(O)C2O)cc(O)c1O. The van der Waals surface area contributed by atoms with Gasteiger partial charge in [0.2, 0.25) is 18.3 Å². The third kappa shape index (κ3) is 8.40. The van der Waals surface area contributed by atoms with Crippen LogP contribution >= 0.6 is 0 Å². The lowest BCUT2D eigenvalue weighted by Gasteiger charge is -2.41. The van der Waals surface area contributed by atoms with Gasteiger partial charge in [-0.25, -0.2) is 4.79 Å². The van der Waals surface area contributed by atoms with Gasteiger partial charge in [-0.2, -0.15) is 0 Å². The maximum absolute atomic E-state index is 12.5. The molecule has 3 aliphatic rings. The second-order valence-corrected chi connectivity index (χ2v) is 13.0. The molecule has 19 nitrogen and oxygen atoms in total. The topological polar surface area (TPSA) is 308 Å². The molecule has 0 bridgehead atoms. The van der Waals surface area contributed by atoms with Crippen molar-refractivity contribution >= 4 is 18.1 Å². The van der Waals surface area contributed by atoms with Crippen LogP contribution in [0.2, 0.25) is 0 Å². The Morgan fingerprint density at radius 2 is 1.41 bits per heavy atom. The van der Waals surface area contributed by atoms with Gasteiger partial charge in [0.15, 0.2) is 17.3 Å². The Morgan fingerprint density at radius 1 is 0.768 bits per heavy atom. The molecule has 11 unspecified atom stereocenters. The molecule has 56 heavy (non-hydrogen) atoms. The number of benzene rings is 3. The van der Waals surface area contributed by atoms with Crippen LogP contribution in [-0.2, 0) is 23.7 Å². The molecule has 11 atom stereocenters. The minimum absolute atomic E-state index is 0.0270. The van der Waals surface area contributed by atoms with Gasteiger partial charge >= 0.3 is 5.97 Å². The van der Waals surface area contributed by atoms with Gasteiger partial charge in [-0.3, -0.25) is 0 Å². The fraction of sp³-hybridized carbons (Fsp3) is 0.378. The van der Waals surface area contributed by atoms with Gasteiger partial charge in [0, 0.05) is 18.2 Å². The number of aromatic hydroxyl groups is 5. The van der Waals surface area contributed by atoms with Crippen molar-refractivity contribution in [2.75, 3.05) is 20.3 Å². The highest BCUT2D eigenvalue weighted by Gasteiger charge is 2.48. The van der Waals surface area contributed by atoms with Gasteiger partial charge in [-0.15, -0.1) is 0 Å². The van der Waals surface area contributed by atoms with E-state index in [0.717, 1.165) is 18.2 Å². The Hall–Kier alpha value is -5.35. The Morgan fingerprint density at radius 3 is 2.07 bits per heavy atom. The third-order valence-corrected chi connectivity index (χ3v) is 9.25. The molecule has 0 radical (unpaired) electrons. The van der Waals surface area contributed by atoms with Crippen LogP contribution < -0.4 is 9.47 Å². The summed E-state index contributed by atoms with van der Waals surface area (Å²) in [4.78, 5) is 12.5. The van der Waals surface area contributed by atoms with Gasteiger partial charge < -0.3 is 89.3 Å². The summed E-state index contributed by atoms with van der Waals surface area (Å²) < 4.78 is 38.2. The summed E-state index contributed by atoms with van der Waals surface area (Å²) in [5.41, 5.74) is 0.753. The number of carbonyl (C=O) groups is 1. The van der Waals surface area contributed by atoms with E-state index in [1.165, 1.54) is 43.5 Å². The minimum Gasteiger partial charge on any atom is -0.571 e. The highest BCUT2D eigenvalue weighted by atomic mass is 16.7. The lowest BCUT2D eigenvalue weighted by molar-refractivity contribution is -0.296. The zero-order valence-corrected chi connectivity index (χ0v) is 29.3. The highest BCUT2D eigenvalue weighted by molar-refractivity contribution is 5.87. The van der Waals surface area contributed by atoms with E-state index in [-0.39, 0.29) is 39.9 Å². The summed E-state index contributed by atoms with van der Waals surface area (Å²) in [7, 11) is 1.23. The first-order valence-corrected chi connectivity index (χ1v) is 17.1. The van der Waals surface area contributed by atoms with Crippen LogP contribution in [0.3, 0.4) is 0 Å². The number of rotatable bonds is 11. The average molecular weight is 790 g/mol. The van der Waals surface area contributed by atoms with Gasteiger partial charge in [-0.1, -0.05) is 12.1 Å². The van der Waals surface area contributed by atoms with Crippen molar-refractivity contribution in [3.05, 3.63) is 77.1 Å². The number of aliphatic hydroxyl groups is 8. The molecule has 2 fully saturated rings. The molecule has 2 saturated heterocycles. The van der Waals surface area contributed by atoms with Crippen molar-refractivity contribution in [3.63, 3.8) is 0 Å². The van der Waals surface area contributed by atoms with E-state index in [1.54, 1.807) is 12.1 Å². The summed E-state index contributed by atoms with van der Waals surface area (Å²) in [6, 6.07) is 10.7. The van der Waals surface area contributed by atoms with Crippen molar-refractivity contribution < 1.29 is 94.1 Å². The zero-order chi connectivity index (χ0) is 40.4. The lowest BCUT2D eigenvalue weighted by atomic mass is 9.98. The number of methoxy groups -OCH3 is 1. The largest absolute Gasteiger partial charge is 0.571 e. The monoisotopic (exact) mass is 789 g/mol. The number of ether oxygens (including phenoxy) is 7. The summed E-state index contributed by atoms with van der Waals surface area (Å²) in [6.45, 7) is -1.36. The van der Waals surface area contributed by atoms with Crippen LogP contribution in [0.4, 0.5) is 0 Å². The average Bonchev–Trinajstić information content (AvgIpc) is 3.18. The van der Waals surface area contributed by atoms with E-state index >= 15 is 0 Å². The quantitative estimate of drug-likeness (QED) is 0.0486. The maximum atomic E-state index is 12.5. The third-order valence-electron chi connectivity index (χ3n) is 9.25. The van der Waals surface area contributed by atoms with E-state index in [2.05, 4.69) is 4.74 Å². The molecular formula is C37H41O19+. The fourth-order valence-corrected chi connectivity index (χ4v) is 6.17. The van der Waals surface area contributed by atoms with Gasteiger partial charge in [0.25, 0.3) is 11.9 Å². The van der Waals surface area contributed by atoms with E-state index in [0.29, 0.717) is 5.56 Å². The van der Waals surface area contributed by atoms with Crippen molar-refractivity contribution in [2.24, 2.45) is 0 Å². The second kappa shape index (κ2) is 16.8. The predicted octanol–water partition coefficient (Wildman–Crippen LogP) is -0.886. The maximum Gasteiger partial charge on any atom is 0.330 e. The Labute approximate surface area is 317 Å². The molecule has 0 aromatic heterocycles. The van der Waals surface area contributed by atoms with Crippen LogP contribution in [-0.4, -0.2) is 149 Å². The molecule has 3 aliphatic heterocycles. The molecule has 0 saturated carbocycles. The first-order valence-electron chi connectivity index (χ1n) is 17.1. The Bertz CT molecular complexity index is 1930. The van der Waals surface area contributed by atoms with E-state index in [1.807, 2.05) is 0 Å². The molecule has 0 amide bonds. The van der Waals surface area contributed by atoms with Crippen molar-refractivity contribution in [3.8, 4) is 40.2 Å². The first kappa shape index (κ1) is 40.3. The molecular weight excluding hydrogens is 748 g/mol. The van der Waals surface area contributed by atoms with Crippen LogP contribution in [0.5, 0.6) is 40.2 Å². The van der Waals surface area contributed by atoms with Crippen LogP contribution in [0, 0.1) is 0 Å². The number of phenolic OH excluding ortho intramolecular Hbond substituents is 4. The first-order chi connectivity index (χ1) is 26.7.